The molecule has 0 fully saturated rings. The predicted octanol–water partition coefficient (Wildman–Crippen LogP) is 6.33. The van der Waals surface area contributed by atoms with Gasteiger partial charge in [0, 0.05) is 0 Å². The monoisotopic (exact) mass is 474 g/mol. The molecule has 148 valence electrons. The van der Waals surface area contributed by atoms with Crippen molar-refractivity contribution in [2.24, 2.45) is 0 Å². The molecule has 0 saturated carbocycles. The second-order valence-electron chi connectivity index (χ2n) is 8.53. The zero-order chi connectivity index (χ0) is 20.7. The molecule has 2 aliphatic rings. The van der Waals surface area contributed by atoms with Crippen LogP contribution in [0.25, 0.3) is 12.2 Å². The summed E-state index contributed by atoms with van der Waals surface area (Å²) >= 11 is -3.44. The van der Waals surface area contributed by atoms with Crippen molar-refractivity contribution in [3.8, 4) is 0 Å². The third-order valence-electron chi connectivity index (χ3n) is 7.08. The van der Waals surface area contributed by atoms with Gasteiger partial charge in [-0.3, -0.25) is 0 Å². The normalized spacial score (nSPS) is 18.7. The van der Waals surface area contributed by atoms with Gasteiger partial charge in [-0.05, 0) is 0 Å². The molecule has 2 atom stereocenters. The Hall–Kier alpha value is -2.76. The van der Waals surface area contributed by atoms with Crippen molar-refractivity contribution in [1.82, 2.24) is 0 Å². The van der Waals surface area contributed by atoms with Crippen molar-refractivity contribution in [3.05, 3.63) is 144 Å². The van der Waals surface area contributed by atoms with Crippen molar-refractivity contribution >= 4 is 18.7 Å². The van der Waals surface area contributed by atoms with E-state index in [0.29, 0.717) is 7.25 Å². The number of rotatable bonds is 4. The van der Waals surface area contributed by atoms with Crippen LogP contribution in [0.1, 0.15) is 29.5 Å². The van der Waals surface area contributed by atoms with Crippen LogP contribution >= 0.6 is 0 Å². The molecule has 4 aromatic carbocycles. The van der Waals surface area contributed by atoms with Crippen LogP contribution in [0.5, 0.6) is 0 Å². The molecule has 6 rings (SSSR count). The van der Waals surface area contributed by atoms with Crippen molar-refractivity contribution in [3.63, 3.8) is 0 Å². The molecule has 0 aliphatic heterocycles. The van der Waals surface area contributed by atoms with Crippen molar-refractivity contribution in [1.29, 1.82) is 0 Å². The van der Waals surface area contributed by atoms with Crippen molar-refractivity contribution < 1.29 is 20.3 Å². The quantitative estimate of drug-likeness (QED) is 0.324. The van der Waals surface area contributed by atoms with Crippen LogP contribution in [-0.4, -0.2) is 0 Å². The maximum absolute atomic E-state index is 3.44. The summed E-state index contributed by atoms with van der Waals surface area (Å²) in [6.07, 6.45) is 9.77. The number of hydrogen-bond donors (Lipinski definition) is 0. The summed E-state index contributed by atoms with van der Waals surface area (Å²) in [6, 6.07) is 40.9. The Labute approximate surface area is 189 Å². The summed E-state index contributed by atoms with van der Waals surface area (Å²) in [5.41, 5.74) is 5.78. The van der Waals surface area contributed by atoms with Crippen LogP contribution in [0.2, 0.25) is 0 Å². The van der Waals surface area contributed by atoms with Crippen LogP contribution in [0, 0.1) is 0 Å². The van der Waals surface area contributed by atoms with E-state index >= 15 is 0 Å². The molecule has 0 bridgehead atoms. The molecule has 31 heavy (non-hydrogen) atoms. The zero-order valence-electron chi connectivity index (χ0n) is 17.4. The van der Waals surface area contributed by atoms with E-state index < -0.39 is 20.3 Å². The molecule has 0 amide bonds. The standard InChI is InChI=1S/2C9H7.2C6H5.Zr/c2*1-2-5-9-7-3-6-8(9)4-1;2*1-2-4-6-5-3-1;/h2*1-7H;2*1-5H;. The third-order valence-corrected chi connectivity index (χ3v) is 20.7. The number of hydrogen-bond acceptors (Lipinski definition) is 0. The maximum atomic E-state index is 2.52. The first-order valence-corrected chi connectivity index (χ1v) is 16.3. The first-order chi connectivity index (χ1) is 15.4. The SMILES string of the molecule is C1=C[CH]([Zr]([c]2ccccc2)([c]2ccccc2)[CH]2C=Cc3ccccc32)c2ccccc21. The zero-order valence-corrected chi connectivity index (χ0v) is 19.8. The van der Waals surface area contributed by atoms with Gasteiger partial charge >= 0.3 is 190 Å². The minimum atomic E-state index is -3.44. The van der Waals surface area contributed by atoms with Crippen LogP contribution < -0.4 is 6.54 Å². The Morgan fingerprint density at radius 2 is 0.806 bits per heavy atom. The fourth-order valence-corrected chi connectivity index (χ4v) is 20.4. The molecule has 0 N–H and O–H groups in total. The Bertz CT molecular complexity index is 1180. The topological polar surface area (TPSA) is 0 Å². The van der Waals surface area contributed by atoms with Gasteiger partial charge in [0.05, 0.1) is 0 Å². The van der Waals surface area contributed by atoms with Gasteiger partial charge in [-0.15, -0.1) is 0 Å². The number of allylic oxidation sites excluding steroid dienone is 2. The molecule has 4 aromatic rings. The summed E-state index contributed by atoms with van der Waals surface area (Å²) in [4.78, 5) is 0. The Morgan fingerprint density at radius 1 is 0.419 bits per heavy atom. The van der Waals surface area contributed by atoms with Crippen LogP contribution in [0.4, 0.5) is 0 Å². The van der Waals surface area contributed by atoms with E-state index in [2.05, 4.69) is 133 Å². The van der Waals surface area contributed by atoms with Gasteiger partial charge in [-0.25, -0.2) is 0 Å². The summed E-state index contributed by atoms with van der Waals surface area (Å²) in [5, 5.41) is 0. The van der Waals surface area contributed by atoms with Gasteiger partial charge < -0.3 is 0 Å². The fraction of sp³-hybridized carbons (Fsp3) is 0.0667. The number of benzene rings is 4. The van der Waals surface area contributed by atoms with Gasteiger partial charge in [0.2, 0.25) is 0 Å². The van der Waals surface area contributed by atoms with Crippen LogP contribution in [0.3, 0.4) is 0 Å². The van der Waals surface area contributed by atoms with E-state index in [-0.39, 0.29) is 0 Å². The Morgan fingerprint density at radius 3 is 1.26 bits per heavy atom. The summed E-state index contributed by atoms with van der Waals surface area (Å²) in [5.74, 6) is 0. The second kappa shape index (κ2) is 7.74. The van der Waals surface area contributed by atoms with Crippen LogP contribution in [-0.2, 0) is 20.3 Å². The van der Waals surface area contributed by atoms with E-state index in [1.54, 1.807) is 6.54 Å². The minimum absolute atomic E-state index is 0.455. The molecule has 1 heteroatoms. The fourth-order valence-electron chi connectivity index (χ4n) is 5.80. The summed E-state index contributed by atoms with van der Waals surface area (Å²) < 4.78 is 4.05. The summed E-state index contributed by atoms with van der Waals surface area (Å²) in [6.45, 7) is 0. The van der Waals surface area contributed by atoms with Gasteiger partial charge in [0.25, 0.3) is 0 Å². The molecule has 0 nitrogen and oxygen atoms in total. The molecule has 0 spiro atoms. The Balaban J connectivity index is 1.70. The van der Waals surface area contributed by atoms with E-state index in [4.69, 9.17) is 0 Å². The molecule has 2 unspecified atom stereocenters. The second-order valence-corrected chi connectivity index (χ2v) is 18.7. The first-order valence-electron chi connectivity index (χ1n) is 11.0. The molecule has 0 heterocycles. The molecular formula is C30H24Zr. The third kappa shape index (κ3) is 2.91. The van der Waals surface area contributed by atoms with Crippen molar-refractivity contribution in [2.45, 2.75) is 7.25 Å². The average molecular weight is 476 g/mol. The summed E-state index contributed by atoms with van der Waals surface area (Å²) in [7, 11) is 0. The first kappa shape index (κ1) is 19.0. The van der Waals surface area contributed by atoms with E-state index in [1.165, 1.54) is 22.3 Å². The van der Waals surface area contributed by atoms with Crippen molar-refractivity contribution in [2.75, 3.05) is 0 Å². The van der Waals surface area contributed by atoms with E-state index in [0.717, 1.165) is 0 Å². The molecule has 0 saturated heterocycles. The molecule has 0 aromatic heterocycles. The van der Waals surface area contributed by atoms with Crippen LogP contribution in [0.15, 0.2) is 121 Å². The molecule has 2 aliphatic carbocycles. The number of fused-ring (bicyclic) bond motifs is 2. The average Bonchev–Trinajstić information content (AvgIpc) is 3.47. The molecule has 0 radical (unpaired) electrons. The van der Waals surface area contributed by atoms with Gasteiger partial charge in [0.15, 0.2) is 0 Å². The molecular weight excluding hydrogens is 452 g/mol. The van der Waals surface area contributed by atoms with Gasteiger partial charge in [0.1, 0.15) is 0 Å². The van der Waals surface area contributed by atoms with E-state index in [9.17, 15) is 0 Å². The van der Waals surface area contributed by atoms with E-state index in [1.807, 2.05) is 0 Å². The predicted molar refractivity (Wildman–Crippen MR) is 129 cm³/mol. The van der Waals surface area contributed by atoms with Gasteiger partial charge in [-0.1, -0.05) is 0 Å². The Kier molecular flexibility index (Phi) is 4.73. The van der Waals surface area contributed by atoms with Gasteiger partial charge in [-0.2, -0.15) is 0 Å².